The van der Waals surface area contributed by atoms with E-state index < -0.39 is 31.6 Å². The molecule has 176 valence electrons. The third-order valence-electron chi connectivity index (χ3n) is 4.51. The molecule has 0 spiro atoms. The molecule has 3 heterocycles. The van der Waals surface area contributed by atoms with Gasteiger partial charge in [-0.2, -0.15) is 0 Å². The Labute approximate surface area is 185 Å². The van der Waals surface area contributed by atoms with Gasteiger partial charge in [-0.1, -0.05) is 6.08 Å². The number of fused-ring (bicyclic) bond motifs is 1. The van der Waals surface area contributed by atoms with Crippen molar-refractivity contribution in [2.75, 3.05) is 19.6 Å². The zero-order chi connectivity index (χ0) is 23.5. The van der Waals surface area contributed by atoms with E-state index in [-0.39, 0.29) is 25.1 Å². The molecule has 1 amide bonds. The molecule has 3 rings (SSSR count). The Morgan fingerprint density at radius 3 is 2.50 bits per heavy atom. The number of hydrogen-bond acceptors (Lipinski definition) is 8. The molecular formula is C20H29N4O7P. The summed E-state index contributed by atoms with van der Waals surface area (Å²) in [6, 6.07) is -0.628. The fourth-order valence-corrected chi connectivity index (χ4v) is 4.68. The first-order valence-corrected chi connectivity index (χ1v) is 12.1. The summed E-state index contributed by atoms with van der Waals surface area (Å²) in [5.41, 5.74) is 0.232. The average molecular weight is 468 g/mol. The van der Waals surface area contributed by atoms with Crippen LogP contribution in [0.5, 0.6) is 0 Å². The van der Waals surface area contributed by atoms with Crippen molar-refractivity contribution in [3.05, 3.63) is 40.6 Å². The van der Waals surface area contributed by atoms with Gasteiger partial charge in [0.2, 0.25) is 0 Å². The van der Waals surface area contributed by atoms with Crippen molar-refractivity contribution in [1.29, 1.82) is 0 Å². The SMILES string of the molecule is CCOP(=O)(CO[C@@H]1C=C[C@H](c2c[nH]c3c(=O)[nH]cnc23)N1C(=O)OC(C)(C)C)OCC. The monoisotopic (exact) mass is 468 g/mol. The fraction of sp³-hybridized carbons (Fsp3) is 0.550. The number of aromatic nitrogens is 3. The molecule has 0 bridgehead atoms. The van der Waals surface area contributed by atoms with Crippen LogP contribution in [0, 0.1) is 0 Å². The number of aromatic amines is 2. The van der Waals surface area contributed by atoms with Crippen LogP contribution >= 0.6 is 7.60 Å². The molecule has 0 fully saturated rings. The maximum Gasteiger partial charge on any atom is 0.413 e. The summed E-state index contributed by atoms with van der Waals surface area (Å²) in [6.07, 6.45) is 4.44. The third-order valence-corrected chi connectivity index (χ3v) is 6.28. The fourth-order valence-electron chi connectivity index (χ4n) is 3.33. The number of carbonyl (C=O) groups is 1. The van der Waals surface area contributed by atoms with E-state index in [2.05, 4.69) is 15.0 Å². The molecular weight excluding hydrogens is 439 g/mol. The van der Waals surface area contributed by atoms with Crippen LogP contribution in [0.2, 0.25) is 0 Å². The predicted octanol–water partition coefficient (Wildman–Crippen LogP) is 3.67. The molecule has 2 atom stereocenters. The lowest BCUT2D eigenvalue weighted by atomic mass is 10.1. The zero-order valence-electron chi connectivity index (χ0n) is 18.8. The van der Waals surface area contributed by atoms with Gasteiger partial charge in [0.05, 0.1) is 25.6 Å². The highest BCUT2D eigenvalue weighted by atomic mass is 31.2. The highest BCUT2D eigenvalue weighted by Gasteiger charge is 2.40. The molecule has 0 aromatic carbocycles. The van der Waals surface area contributed by atoms with Gasteiger partial charge in [0, 0.05) is 11.8 Å². The van der Waals surface area contributed by atoms with Crippen molar-refractivity contribution >= 4 is 24.7 Å². The number of rotatable bonds is 8. The zero-order valence-corrected chi connectivity index (χ0v) is 19.7. The molecule has 12 heteroatoms. The molecule has 1 aliphatic rings. The standard InChI is InChI=1S/C20H29N4O7P/c1-6-29-32(27,30-7-2)12-28-15-9-8-14(24(15)19(26)31-20(3,4)5)13-10-21-17-16(13)22-11-23-18(17)25/h8-11,14-15,21H,6-7,12H2,1-5H3,(H,22,23,25)/t14-,15-/m1/s1. The van der Waals surface area contributed by atoms with E-state index in [9.17, 15) is 14.2 Å². The number of ether oxygens (including phenoxy) is 2. The highest BCUT2D eigenvalue weighted by Crippen LogP contribution is 2.49. The smallest absolute Gasteiger partial charge is 0.413 e. The van der Waals surface area contributed by atoms with E-state index in [1.54, 1.807) is 53.0 Å². The summed E-state index contributed by atoms with van der Waals surface area (Å²) in [7, 11) is -3.49. The molecule has 2 N–H and O–H groups in total. The second kappa shape index (κ2) is 9.58. The summed E-state index contributed by atoms with van der Waals surface area (Å²) in [6.45, 7) is 9.05. The number of carbonyl (C=O) groups excluding carboxylic acids is 1. The van der Waals surface area contributed by atoms with Crippen LogP contribution in [-0.2, 0) is 23.1 Å². The minimum atomic E-state index is -3.49. The van der Waals surface area contributed by atoms with Crippen molar-refractivity contribution < 1.29 is 27.9 Å². The van der Waals surface area contributed by atoms with Crippen LogP contribution in [0.1, 0.15) is 46.2 Å². The van der Waals surface area contributed by atoms with Crippen LogP contribution < -0.4 is 5.56 Å². The molecule has 1 aliphatic heterocycles. The maximum absolute atomic E-state index is 13.1. The van der Waals surface area contributed by atoms with Gasteiger partial charge in [-0.3, -0.25) is 14.3 Å². The summed E-state index contributed by atoms with van der Waals surface area (Å²) < 4.78 is 34.8. The van der Waals surface area contributed by atoms with Crippen LogP contribution in [0.15, 0.2) is 29.5 Å². The predicted molar refractivity (Wildman–Crippen MR) is 117 cm³/mol. The first-order valence-electron chi connectivity index (χ1n) is 10.3. The molecule has 0 aliphatic carbocycles. The maximum atomic E-state index is 13.1. The topological polar surface area (TPSA) is 136 Å². The lowest BCUT2D eigenvalue weighted by Crippen LogP contribution is -2.43. The van der Waals surface area contributed by atoms with Gasteiger partial charge in [0.1, 0.15) is 16.6 Å². The number of hydrogen-bond donors (Lipinski definition) is 2. The van der Waals surface area contributed by atoms with Gasteiger partial charge in [-0.15, -0.1) is 0 Å². The number of amides is 1. The van der Waals surface area contributed by atoms with Crippen molar-refractivity contribution in [3.8, 4) is 0 Å². The van der Waals surface area contributed by atoms with Gasteiger partial charge in [-0.25, -0.2) is 9.78 Å². The second-order valence-electron chi connectivity index (χ2n) is 8.05. The summed E-state index contributed by atoms with van der Waals surface area (Å²) in [5, 5.41) is 0. The van der Waals surface area contributed by atoms with E-state index in [0.717, 1.165) is 0 Å². The van der Waals surface area contributed by atoms with E-state index in [1.807, 2.05) is 0 Å². The lowest BCUT2D eigenvalue weighted by Gasteiger charge is -2.32. The van der Waals surface area contributed by atoms with Gasteiger partial charge < -0.3 is 28.5 Å². The van der Waals surface area contributed by atoms with Crippen molar-refractivity contribution in [2.24, 2.45) is 0 Å². The van der Waals surface area contributed by atoms with Crippen LogP contribution in [-0.4, -0.2) is 57.3 Å². The summed E-state index contributed by atoms with van der Waals surface area (Å²) in [5.74, 6) is 0. The molecule has 0 saturated carbocycles. The highest BCUT2D eigenvalue weighted by molar-refractivity contribution is 7.53. The quantitative estimate of drug-likeness (QED) is 0.442. The van der Waals surface area contributed by atoms with E-state index in [0.29, 0.717) is 16.6 Å². The molecule has 11 nitrogen and oxygen atoms in total. The van der Waals surface area contributed by atoms with Gasteiger partial charge in [0.15, 0.2) is 12.6 Å². The Balaban J connectivity index is 1.91. The lowest BCUT2D eigenvalue weighted by molar-refractivity contribution is -0.0403. The minimum Gasteiger partial charge on any atom is -0.444 e. The summed E-state index contributed by atoms with van der Waals surface area (Å²) >= 11 is 0. The first-order chi connectivity index (χ1) is 15.1. The number of nitrogens with one attached hydrogen (secondary N) is 2. The summed E-state index contributed by atoms with van der Waals surface area (Å²) in [4.78, 5) is 36.2. The van der Waals surface area contributed by atoms with E-state index >= 15 is 0 Å². The van der Waals surface area contributed by atoms with Gasteiger partial charge in [-0.05, 0) is 40.7 Å². The molecule has 2 aromatic heterocycles. The van der Waals surface area contributed by atoms with Gasteiger partial charge in [0.25, 0.3) is 5.56 Å². The minimum absolute atomic E-state index is 0.190. The molecule has 0 radical (unpaired) electrons. The largest absolute Gasteiger partial charge is 0.444 e. The van der Waals surface area contributed by atoms with Crippen molar-refractivity contribution in [2.45, 2.75) is 52.5 Å². The first kappa shape index (κ1) is 24.2. The number of H-pyrrole nitrogens is 2. The van der Waals surface area contributed by atoms with Crippen molar-refractivity contribution in [3.63, 3.8) is 0 Å². The average Bonchev–Trinajstić information content (AvgIpc) is 3.30. The second-order valence-corrected chi connectivity index (χ2v) is 10.0. The Kier molecular flexibility index (Phi) is 7.24. The third kappa shape index (κ3) is 5.29. The Morgan fingerprint density at radius 1 is 1.19 bits per heavy atom. The Bertz CT molecular complexity index is 1080. The van der Waals surface area contributed by atoms with Gasteiger partial charge >= 0.3 is 13.7 Å². The van der Waals surface area contributed by atoms with Crippen LogP contribution in [0.4, 0.5) is 4.79 Å². The molecule has 2 aromatic rings. The molecule has 0 unspecified atom stereocenters. The molecule has 32 heavy (non-hydrogen) atoms. The van der Waals surface area contributed by atoms with Crippen LogP contribution in [0.25, 0.3) is 11.0 Å². The number of nitrogens with zero attached hydrogens (tertiary/aromatic N) is 2. The molecule has 0 saturated heterocycles. The van der Waals surface area contributed by atoms with E-state index in [1.165, 1.54) is 11.2 Å². The Morgan fingerprint density at radius 2 is 1.88 bits per heavy atom. The van der Waals surface area contributed by atoms with E-state index in [4.69, 9.17) is 18.5 Å². The Hall–Kier alpha value is -2.46. The normalized spacial score (nSPS) is 19.1. The van der Waals surface area contributed by atoms with Crippen LogP contribution in [0.3, 0.4) is 0 Å². The van der Waals surface area contributed by atoms with Crippen molar-refractivity contribution in [1.82, 2.24) is 19.9 Å².